The summed E-state index contributed by atoms with van der Waals surface area (Å²) < 4.78 is 2.13. The minimum absolute atomic E-state index is 0.567. The molecule has 0 saturated heterocycles. The molecule has 0 unspecified atom stereocenters. The van der Waals surface area contributed by atoms with Crippen LogP contribution < -0.4 is 0 Å². The number of thiol groups is 1. The van der Waals surface area contributed by atoms with Gasteiger partial charge in [0.05, 0.1) is 6.33 Å². The van der Waals surface area contributed by atoms with E-state index in [9.17, 15) is 0 Å². The van der Waals surface area contributed by atoms with Crippen LogP contribution in [0.4, 0.5) is 0 Å². The van der Waals surface area contributed by atoms with E-state index in [1.165, 1.54) is 6.33 Å². The average molecular weight is 395 g/mol. The van der Waals surface area contributed by atoms with E-state index in [0.717, 1.165) is 22.3 Å². The number of benzene rings is 3. The highest BCUT2D eigenvalue weighted by atomic mass is 32.1. The Morgan fingerprint density at radius 1 is 0.621 bits per heavy atom. The van der Waals surface area contributed by atoms with Crippen molar-refractivity contribution in [3.05, 3.63) is 120 Å². The number of aromatic nitrogens is 4. The molecule has 0 fully saturated rings. The maximum atomic E-state index is 4.62. The summed E-state index contributed by atoms with van der Waals surface area (Å²) in [5.41, 5.74) is 4.14. The summed E-state index contributed by atoms with van der Waals surface area (Å²) in [7, 11) is 0. The van der Waals surface area contributed by atoms with Crippen molar-refractivity contribution in [1.29, 1.82) is 0 Å². The molecule has 0 N–H and O–H groups in total. The summed E-state index contributed by atoms with van der Waals surface area (Å²) in [6.45, 7) is 0. The van der Waals surface area contributed by atoms with E-state index in [2.05, 4.69) is 105 Å². The number of fused-ring (bicyclic) bond motifs is 1. The Morgan fingerprint density at radius 3 is 1.59 bits per heavy atom. The van der Waals surface area contributed by atoms with E-state index < -0.39 is 5.54 Å². The van der Waals surface area contributed by atoms with Crippen LogP contribution in [0, 0.1) is 0 Å². The van der Waals surface area contributed by atoms with Crippen LogP contribution in [0.1, 0.15) is 16.7 Å². The van der Waals surface area contributed by atoms with Crippen LogP contribution in [0.2, 0.25) is 0 Å². The van der Waals surface area contributed by atoms with Crippen LogP contribution in [0.25, 0.3) is 11.2 Å². The first-order valence-electron chi connectivity index (χ1n) is 9.36. The van der Waals surface area contributed by atoms with E-state index in [1.807, 2.05) is 24.5 Å². The lowest BCUT2D eigenvalue weighted by molar-refractivity contribution is 0.526. The molecule has 3 aromatic carbocycles. The first-order valence-corrected chi connectivity index (χ1v) is 9.80. The average Bonchev–Trinajstić information content (AvgIpc) is 3.23. The van der Waals surface area contributed by atoms with Crippen molar-refractivity contribution >= 4 is 23.8 Å². The van der Waals surface area contributed by atoms with Crippen molar-refractivity contribution in [1.82, 2.24) is 19.5 Å². The molecular formula is C24H18N4S. The third-order valence-corrected chi connectivity index (χ3v) is 5.58. The van der Waals surface area contributed by atoms with Gasteiger partial charge in [-0.05, 0) is 16.7 Å². The van der Waals surface area contributed by atoms with Gasteiger partial charge in [-0.2, -0.15) is 0 Å². The largest absolute Gasteiger partial charge is 0.296 e. The molecule has 0 saturated carbocycles. The van der Waals surface area contributed by atoms with Crippen LogP contribution in [-0.2, 0) is 5.54 Å². The topological polar surface area (TPSA) is 43.6 Å². The zero-order chi connectivity index (χ0) is 19.7. The summed E-state index contributed by atoms with van der Waals surface area (Å²) in [4.78, 5) is 13.4. The van der Waals surface area contributed by atoms with E-state index in [1.54, 1.807) is 0 Å². The van der Waals surface area contributed by atoms with E-state index in [4.69, 9.17) is 0 Å². The first kappa shape index (κ1) is 17.6. The Kier molecular flexibility index (Phi) is 4.37. The zero-order valence-corrected chi connectivity index (χ0v) is 16.4. The molecule has 2 heterocycles. The minimum atomic E-state index is -0.646. The summed E-state index contributed by atoms with van der Waals surface area (Å²) in [5.74, 6) is 0. The molecular weight excluding hydrogens is 376 g/mol. The zero-order valence-electron chi connectivity index (χ0n) is 15.6. The van der Waals surface area contributed by atoms with Crippen molar-refractivity contribution in [3.63, 3.8) is 0 Å². The van der Waals surface area contributed by atoms with Crippen molar-refractivity contribution in [2.75, 3.05) is 0 Å². The molecule has 5 aromatic rings. The molecule has 4 nitrogen and oxygen atoms in total. The van der Waals surface area contributed by atoms with Gasteiger partial charge >= 0.3 is 0 Å². The predicted octanol–water partition coefficient (Wildman–Crippen LogP) is 4.96. The molecule has 140 valence electrons. The molecule has 0 aliphatic rings. The smallest absolute Gasteiger partial charge is 0.165 e. The van der Waals surface area contributed by atoms with Crippen LogP contribution in [0.3, 0.4) is 0 Å². The third kappa shape index (κ3) is 2.74. The Hall–Kier alpha value is -3.44. The van der Waals surface area contributed by atoms with Crippen molar-refractivity contribution in [2.24, 2.45) is 0 Å². The van der Waals surface area contributed by atoms with Crippen LogP contribution in [-0.4, -0.2) is 19.5 Å². The van der Waals surface area contributed by atoms with Gasteiger partial charge in [-0.15, -0.1) is 12.6 Å². The van der Waals surface area contributed by atoms with Gasteiger partial charge < -0.3 is 0 Å². The fourth-order valence-corrected chi connectivity index (χ4v) is 4.23. The number of nitrogens with zero attached hydrogens (tertiary/aromatic N) is 4. The van der Waals surface area contributed by atoms with Crippen molar-refractivity contribution in [2.45, 2.75) is 10.6 Å². The SMILES string of the molecule is Sc1ncnc2c1ncn2C(c1ccccc1)(c1ccccc1)c1ccccc1. The van der Waals surface area contributed by atoms with Gasteiger partial charge in [-0.1, -0.05) is 91.0 Å². The van der Waals surface area contributed by atoms with Crippen molar-refractivity contribution < 1.29 is 0 Å². The Morgan fingerprint density at radius 2 is 1.10 bits per heavy atom. The summed E-state index contributed by atoms with van der Waals surface area (Å²) >= 11 is 4.49. The van der Waals surface area contributed by atoms with Crippen LogP contribution in [0.15, 0.2) is 109 Å². The second kappa shape index (κ2) is 7.18. The molecule has 2 aromatic heterocycles. The molecule has 0 amide bonds. The van der Waals surface area contributed by atoms with Gasteiger partial charge in [0, 0.05) is 0 Å². The second-order valence-corrected chi connectivity index (χ2v) is 7.22. The lowest BCUT2D eigenvalue weighted by Crippen LogP contribution is -2.37. The Balaban J connectivity index is 1.97. The maximum absolute atomic E-state index is 4.62. The highest BCUT2D eigenvalue weighted by Gasteiger charge is 2.39. The predicted molar refractivity (Wildman–Crippen MR) is 117 cm³/mol. The molecule has 0 bridgehead atoms. The van der Waals surface area contributed by atoms with Gasteiger partial charge in [0.2, 0.25) is 0 Å². The van der Waals surface area contributed by atoms with Gasteiger partial charge in [0.15, 0.2) is 5.65 Å². The Labute approximate surface area is 174 Å². The van der Waals surface area contributed by atoms with E-state index in [-0.39, 0.29) is 0 Å². The molecule has 0 atom stereocenters. The normalized spacial score (nSPS) is 11.6. The lowest BCUT2D eigenvalue weighted by atomic mass is 9.76. The summed E-state index contributed by atoms with van der Waals surface area (Å²) in [5, 5.41) is 0.567. The number of imidazole rings is 1. The molecule has 0 radical (unpaired) electrons. The van der Waals surface area contributed by atoms with Gasteiger partial charge in [0.25, 0.3) is 0 Å². The van der Waals surface area contributed by atoms with Gasteiger partial charge in [-0.3, -0.25) is 4.57 Å². The highest BCUT2D eigenvalue weighted by molar-refractivity contribution is 7.80. The molecule has 29 heavy (non-hydrogen) atoms. The third-order valence-electron chi connectivity index (χ3n) is 5.25. The van der Waals surface area contributed by atoms with Gasteiger partial charge in [0.1, 0.15) is 22.4 Å². The quantitative estimate of drug-likeness (QED) is 0.266. The maximum Gasteiger partial charge on any atom is 0.165 e. The molecule has 5 heteroatoms. The fraction of sp³-hybridized carbons (Fsp3) is 0.0417. The fourth-order valence-electron chi connectivity index (χ4n) is 4.02. The van der Waals surface area contributed by atoms with Crippen LogP contribution >= 0.6 is 12.6 Å². The summed E-state index contributed by atoms with van der Waals surface area (Å²) in [6, 6.07) is 31.4. The second-order valence-electron chi connectivity index (χ2n) is 6.79. The number of hydrogen-bond donors (Lipinski definition) is 1. The number of rotatable bonds is 4. The standard InChI is InChI=1S/C24H18N4S/c29-23-21-22(25-16-26-23)28(17-27-21)24(18-10-4-1-5-11-18,19-12-6-2-7-13-19)20-14-8-3-9-15-20/h1-17H,(H,25,26,29). The molecule has 0 aliphatic carbocycles. The number of hydrogen-bond acceptors (Lipinski definition) is 4. The Bertz CT molecular complexity index is 1150. The van der Waals surface area contributed by atoms with E-state index in [0.29, 0.717) is 10.5 Å². The molecule has 5 rings (SSSR count). The highest BCUT2D eigenvalue weighted by Crippen LogP contribution is 2.42. The van der Waals surface area contributed by atoms with Gasteiger partial charge in [-0.25, -0.2) is 15.0 Å². The summed E-state index contributed by atoms with van der Waals surface area (Å²) in [6.07, 6.45) is 3.38. The van der Waals surface area contributed by atoms with E-state index >= 15 is 0 Å². The van der Waals surface area contributed by atoms with Crippen LogP contribution in [0.5, 0.6) is 0 Å². The van der Waals surface area contributed by atoms with Crippen molar-refractivity contribution in [3.8, 4) is 0 Å². The molecule has 0 spiro atoms. The molecule has 0 aliphatic heterocycles. The first-order chi connectivity index (χ1) is 14.3. The monoisotopic (exact) mass is 394 g/mol. The lowest BCUT2D eigenvalue weighted by Gasteiger charge is -2.37. The minimum Gasteiger partial charge on any atom is -0.296 e.